The van der Waals surface area contributed by atoms with E-state index in [1.807, 2.05) is 0 Å². The molecule has 0 bridgehead atoms. The smallest absolute Gasteiger partial charge is 0.306 e. The highest BCUT2D eigenvalue weighted by Gasteiger charge is 2.13. The molecule has 0 aromatic heterocycles. The van der Waals surface area contributed by atoms with E-state index in [0.29, 0.717) is 19.6 Å². The maximum atomic E-state index is 12.1. The molecule has 0 saturated heterocycles. The zero-order valence-corrected chi connectivity index (χ0v) is 26.9. The van der Waals surface area contributed by atoms with E-state index in [0.717, 1.165) is 25.7 Å². The van der Waals surface area contributed by atoms with Crippen molar-refractivity contribution >= 4 is 5.97 Å². The standard InChI is InChI=1S/C36H68O4/c1-3-5-7-9-11-13-15-17-19-21-23-25-27-29-31-36(38)40-35(33-37)34-39-32-30-28-26-24-22-20-18-16-14-12-10-8-6-4-2/h8,10,14,16,35,37H,3-7,9,11-13,15,17-34H2,1-2H3/b10-8-,16-14-. The molecule has 0 amide bonds. The SMILES string of the molecule is CCC/C=C\C/C=C\CCCCCCCCOCC(CO)OC(=O)CCCCCCCCCCCCCCCC. The Kier molecular flexibility index (Phi) is 33.1. The zero-order chi connectivity index (χ0) is 29.2. The molecule has 4 nitrogen and oxygen atoms in total. The van der Waals surface area contributed by atoms with Crippen molar-refractivity contribution < 1.29 is 19.4 Å². The number of hydrogen-bond donors (Lipinski definition) is 1. The third kappa shape index (κ3) is 31.4. The number of aliphatic hydroxyl groups excluding tert-OH is 1. The summed E-state index contributed by atoms with van der Waals surface area (Å²) in [5, 5.41) is 9.53. The lowest BCUT2D eigenvalue weighted by molar-refractivity contribution is -0.154. The summed E-state index contributed by atoms with van der Waals surface area (Å²) in [6, 6.07) is 0. The fourth-order valence-electron chi connectivity index (χ4n) is 4.89. The van der Waals surface area contributed by atoms with Gasteiger partial charge in [-0.15, -0.1) is 0 Å². The minimum Gasteiger partial charge on any atom is -0.457 e. The third-order valence-electron chi connectivity index (χ3n) is 7.51. The van der Waals surface area contributed by atoms with Crippen LogP contribution in [0, 0.1) is 0 Å². The minimum atomic E-state index is -0.533. The average molecular weight is 565 g/mol. The number of ether oxygens (including phenoxy) is 2. The number of unbranched alkanes of at least 4 members (excludes halogenated alkanes) is 20. The van der Waals surface area contributed by atoms with Crippen molar-refractivity contribution in [2.24, 2.45) is 0 Å². The first-order valence-corrected chi connectivity index (χ1v) is 17.4. The molecular weight excluding hydrogens is 496 g/mol. The molecule has 0 aromatic rings. The van der Waals surface area contributed by atoms with Gasteiger partial charge < -0.3 is 14.6 Å². The number of allylic oxidation sites excluding steroid dienone is 4. The van der Waals surface area contributed by atoms with Crippen LogP contribution in [-0.4, -0.2) is 37.0 Å². The van der Waals surface area contributed by atoms with Crippen molar-refractivity contribution in [2.75, 3.05) is 19.8 Å². The second-order valence-corrected chi connectivity index (χ2v) is 11.6. The average Bonchev–Trinajstić information content (AvgIpc) is 2.96. The van der Waals surface area contributed by atoms with E-state index in [2.05, 4.69) is 38.2 Å². The second kappa shape index (κ2) is 34.1. The monoisotopic (exact) mass is 565 g/mol. The maximum Gasteiger partial charge on any atom is 0.306 e. The van der Waals surface area contributed by atoms with Gasteiger partial charge in [0.15, 0.2) is 0 Å². The van der Waals surface area contributed by atoms with E-state index < -0.39 is 6.10 Å². The molecule has 1 unspecified atom stereocenters. The van der Waals surface area contributed by atoms with Crippen LogP contribution < -0.4 is 0 Å². The van der Waals surface area contributed by atoms with Gasteiger partial charge in [0.05, 0.1) is 13.2 Å². The molecule has 0 aliphatic heterocycles. The molecule has 0 aliphatic carbocycles. The van der Waals surface area contributed by atoms with Gasteiger partial charge >= 0.3 is 5.97 Å². The molecule has 1 N–H and O–H groups in total. The Morgan fingerprint density at radius 3 is 1.65 bits per heavy atom. The van der Waals surface area contributed by atoms with Crippen molar-refractivity contribution in [2.45, 2.75) is 180 Å². The Labute approximate surface area is 249 Å². The molecule has 1 atom stereocenters. The highest BCUT2D eigenvalue weighted by Crippen LogP contribution is 2.14. The molecule has 0 aliphatic rings. The van der Waals surface area contributed by atoms with E-state index in [4.69, 9.17) is 9.47 Å². The van der Waals surface area contributed by atoms with Gasteiger partial charge in [-0.05, 0) is 38.5 Å². The van der Waals surface area contributed by atoms with Crippen LogP contribution in [0.5, 0.6) is 0 Å². The van der Waals surface area contributed by atoms with Crippen molar-refractivity contribution in [3.8, 4) is 0 Å². The van der Waals surface area contributed by atoms with Crippen LogP contribution in [0.1, 0.15) is 174 Å². The summed E-state index contributed by atoms with van der Waals surface area (Å²) in [6.07, 6.45) is 39.2. The van der Waals surface area contributed by atoms with Crippen molar-refractivity contribution in [3.05, 3.63) is 24.3 Å². The normalized spacial score (nSPS) is 12.6. The lowest BCUT2D eigenvalue weighted by atomic mass is 10.0. The van der Waals surface area contributed by atoms with Gasteiger partial charge in [-0.1, -0.05) is 154 Å². The van der Waals surface area contributed by atoms with Crippen molar-refractivity contribution in [1.82, 2.24) is 0 Å². The van der Waals surface area contributed by atoms with Crippen molar-refractivity contribution in [3.63, 3.8) is 0 Å². The summed E-state index contributed by atoms with van der Waals surface area (Å²) in [4.78, 5) is 12.1. The molecule has 0 rings (SSSR count). The van der Waals surface area contributed by atoms with E-state index in [-0.39, 0.29) is 12.6 Å². The quantitative estimate of drug-likeness (QED) is 0.0501. The number of hydrogen-bond acceptors (Lipinski definition) is 4. The zero-order valence-electron chi connectivity index (χ0n) is 26.9. The maximum absolute atomic E-state index is 12.1. The number of carbonyl (C=O) groups is 1. The Morgan fingerprint density at radius 1 is 0.600 bits per heavy atom. The Bertz CT molecular complexity index is 557. The lowest BCUT2D eigenvalue weighted by Gasteiger charge is -2.15. The Balaban J connectivity index is 3.44. The highest BCUT2D eigenvalue weighted by atomic mass is 16.6. The summed E-state index contributed by atoms with van der Waals surface area (Å²) in [6.45, 7) is 5.27. The highest BCUT2D eigenvalue weighted by molar-refractivity contribution is 5.69. The largest absolute Gasteiger partial charge is 0.457 e. The predicted octanol–water partition coefficient (Wildman–Crippen LogP) is 10.8. The lowest BCUT2D eigenvalue weighted by Crippen LogP contribution is -2.27. The third-order valence-corrected chi connectivity index (χ3v) is 7.51. The molecule has 0 radical (unpaired) electrons. The van der Waals surface area contributed by atoms with E-state index >= 15 is 0 Å². The van der Waals surface area contributed by atoms with Gasteiger partial charge in [-0.3, -0.25) is 4.79 Å². The first-order valence-electron chi connectivity index (χ1n) is 17.4. The fourth-order valence-corrected chi connectivity index (χ4v) is 4.89. The van der Waals surface area contributed by atoms with Gasteiger partial charge in [-0.25, -0.2) is 0 Å². The van der Waals surface area contributed by atoms with E-state index in [9.17, 15) is 9.90 Å². The Hall–Kier alpha value is -1.13. The van der Waals surface area contributed by atoms with Gasteiger partial charge in [0.1, 0.15) is 6.10 Å². The fraction of sp³-hybridized carbons (Fsp3) is 0.861. The summed E-state index contributed by atoms with van der Waals surface area (Å²) in [7, 11) is 0. The van der Waals surface area contributed by atoms with E-state index in [1.165, 1.54) is 128 Å². The summed E-state index contributed by atoms with van der Waals surface area (Å²) >= 11 is 0. The topological polar surface area (TPSA) is 55.8 Å². The number of esters is 1. The van der Waals surface area contributed by atoms with Gasteiger partial charge in [0.25, 0.3) is 0 Å². The van der Waals surface area contributed by atoms with Gasteiger partial charge in [0.2, 0.25) is 0 Å². The number of rotatable bonds is 32. The van der Waals surface area contributed by atoms with E-state index in [1.54, 1.807) is 0 Å². The summed E-state index contributed by atoms with van der Waals surface area (Å²) in [5.74, 6) is -0.204. The minimum absolute atomic E-state index is 0.173. The van der Waals surface area contributed by atoms with Crippen LogP contribution in [0.25, 0.3) is 0 Å². The second-order valence-electron chi connectivity index (χ2n) is 11.6. The first-order chi connectivity index (χ1) is 19.7. The Morgan fingerprint density at radius 2 is 1.10 bits per heavy atom. The van der Waals surface area contributed by atoms with Gasteiger partial charge in [-0.2, -0.15) is 0 Å². The van der Waals surface area contributed by atoms with Crippen molar-refractivity contribution in [1.29, 1.82) is 0 Å². The van der Waals surface area contributed by atoms with Crippen LogP contribution in [0.4, 0.5) is 0 Å². The molecule has 0 spiro atoms. The number of carbonyl (C=O) groups excluding carboxylic acids is 1. The molecular formula is C36H68O4. The summed E-state index contributed by atoms with van der Waals surface area (Å²) < 4.78 is 11.1. The van der Waals surface area contributed by atoms with Crippen LogP contribution in [0.2, 0.25) is 0 Å². The molecule has 0 saturated carbocycles. The van der Waals surface area contributed by atoms with Gasteiger partial charge in [0, 0.05) is 13.0 Å². The molecule has 236 valence electrons. The van der Waals surface area contributed by atoms with Crippen LogP contribution in [0.3, 0.4) is 0 Å². The molecule has 0 aromatic carbocycles. The molecule has 0 heterocycles. The first kappa shape index (κ1) is 38.9. The molecule has 4 heteroatoms. The van der Waals surface area contributed by atoms with Crippen LogP contribution in [0.15, 0.2) is 24.3 Å². The molecule has 40 heavy (non-hydrogen) atoms. The predicted molar refractivity (Wildman–Crippen MR) is 173 cm³/mol. The van der Waals surface area contributed by atoms with Crippen LogP contribution >= 0.6 is 0 Å². The molecule has 0 fully saturated rings. The van der Waals surface area contributed by atoms with Crippen LogP contribution in [-0.2, 0) is 14.3 Å². The number of aliphatic hydroxyl groups is 1. The summed E-state index contributed by atoms with van der Waals surface area (Å²) in [5.41, 5.74) is 0.